The Morgan fingerprint density at radius 1 is 1.42 bits per heavy atom. The summed E-state index contributed by atoms with van der Waals surface area (Å²) in [6, 6.07) is 10.2. The standard InChI is InChI=1S/C16H24N2O/c1-3-16(10-7-11-17-12-16)15(19)18-13(2)14-8-5-4-6-9-14/h4-6,8-9,13,17H,3,7,10-12H2,1-2H3,(H,18,19)/t13-,16?/m0/s1. The lowest BCUT2D eigenvalue weighted by molar-refractivity contribution is -0.133. The number of carbonyl (C=O) groups excluding carboxylic acids is 1. The van der Waals surface area contributed by atoms with Gasteiger partial charge in [0, 0.05) is 6.54 Å². The average molecular weight is 260 g/mol. The van der Waals surface area contributed by atoms with E-state index in [2.05, 4.69) is 29.7 Å². The summed E-state index contributed by atoms with van der Waals surface area (Å²) in [6.45, 7) is 5.99. The highest BCUT2D eigenvalue weighted by Crippen LogP contribution is 2.31. The number of rotatable bonds is 4. The minimum Gasteiger partial charge on any atom is -0.349 e. The van der Waals surface area contributed by atoms with E-state index < -0.39 is 0 Å². The Morgan fingerprint density at radius 3 is 2.74 bits per heavy atom. The first-order valence-electron chi connectivity index (χ1n) is 7.24. The molecule has 1 fully saturated rings. The Balaban J connectivity index is 2.03. The normalized spacial score (nSPS) is 24.7. The van der Waals surface area contributed by atoms with Crippen LogP contribution in [0.4, 0.5) is 0 Å². The van der Waals surface area contributed by atoms with Gasteiger partial charge in [0.25, 0.3) is 0 Å². The Morgan fingerprint density at radius 2 is 2.16 bits per heavy atom. The van der Waals surface area contributed by atoms with Crippen molar-refractivity contribution in [2.45, 2.75) is 39.2 Å². The third-order valence-corrected chi connectivity index (χ3v) is 4.28. The third-order valence-electron chi connectivity index (χ3n) is 4.28. The molecule has 1 unspecified atom stereocenters. The number of piperidine rings is 1. The molecular weight excluding hydrogens is 236 g/mol. The van der Waals surface area contributed by atoms with Gasteiger partial charge in [-0.2, -0.15) is 0 Å². The summed E-state index contributed by atoms with van der Waals surface area (Å²) in [6.07, 6.45) is 2.97. The zero-order valence-corrected chi connectivity index (χ0v) is 11.9. The van der Waals surface area contributed by atoms with Crippen molar-refractivity contribution in [3.05, 3.63) is 35.9 Å². The smallest absolute Gasteiger partial charge is 0.227 e. The molecule has 0 saturated carbocycles. The van der Waals surface area contributed by atoms with Crippen molar-refractivity contribution in [3.63, 3.8) is 0 Å². The molecule has 1 saturated heterocycles. The molecule has 0 spiro atoms. The maximum atomic E-state index is 12.6. The van der Waals surface area contributed by atoms with Crippen LogP contribution in [0.3, 0.4) is 0 Å². The first-order valence-corrected chi connectivity index (χ1v) is 7.24. The van der Waals surface area contributed by atoms with Gasteiger partial charge in [-0.05, 0) is 38.3 Å². The van der Waals surface area contributed by atoms with Crippen molar-refractivity contribution in [3.8, 4) is 0 Å². The largest absolute Gasteiger partial charge is 0.349 e. The van der Waals surface area contributed by atoms with Crippen molar-refractivity contribution in [2.24, 2.45) is 5.41 Å². The molecule has 0 aliphatic carbocycles. The van der Waals surface area contributed by atoms with Crippen LogP contribution in [0.5, 0.6) is 0 Å². The first kappa shape index (κ1) is 14.1. The number of amides is 1. The lowest BCUT2D eigenvalue weighted by Gasteiger charge is -2.36. The molecule has 1 aromatic rings. The minimum atomic E-state index is -0.221. The fourth-order valence-corrected chi connectivity index (χ4v) is 2.80. The van der Waals surface area contributed by atoms with Crippen LogP contribution < -0.4 is 10.6 Å². The summed E-state index contributed by atoms with van der Waals surface area (Å²) in [5.74, 6) is 0.193. The van der Waals surface area contributed by atoms with Crippen molar-refractivity contribution in [1.29, 1.82) is 0 Å². The van der Waals surface area contributed by atoms with Crippen LogP contribution in [0.15, 0.2) is 30.3 Å². The Hall–Kier alpha value is -1.35. The summed E-state index contributed by atoms with van der Waals surface area (Å²) < 4.78 is 0. The van der Waals surface area contributed by atoms with Crippen molar-refractivity contribution in [2.75, 3.05) is 13.1 Å². The number of benzene rings is 1. The zero-order valence-electron chi connectivity index (χ0n) is 11.9. The van der Waals surface area contributed by atoms with E-state index >= 15 is 0 Å². The molecule has 1 heterocycles. The van der Waals surface area contributed by atoms with Crippen LogP contribution in [0.2, 0.25) is 0 Å². The van der Waals surface area contributed by atoms with E-state index in [4.69, 9.17) is 0 Å². The lowest BCUT2D eigenvalue weighted by atomic mass is 9.77. The van der Waals surface area contributed by atoms with Gasteiger partial charge >= 0.3 is 0 Å². The SMILES string of the molecule is CCC1(C(=O)N[C@@H](C)c2ccccc2)CCCNC1. The molecule has 2 atom stereocenters. The van der Waals surface area contributed by atoms with E-state index in [1.807, 2.05) is 25.1 Å². The monoisotopic (exact) mass is 260 g/mol. The molecule has 3 heteroatoms. The molecule has 0 radical (unpaired) electrons. The highest BCUT2D eigenvalue weighted by atomic mass is 16.2. The van der Waals surface area contributed by atoms with Crippen LogP contribution >= 0.6 is 0 Å². The fraction of sp³-hybridized carbons (Fsp3) is 0.562. The molecule has 1 aliphatic heterocycles. The highest BCUT2D eigenvalue weighted by Gasteiger charge is 2.38. The first-order chi connectivity index (χ1) is 9.18. The molecule has 3 nitrogen and oxygen atoms in total. The summed E-state index contributed by atoms with van der Waals surface area (Å²) in [5.41, 5.74) is 0.937. The van der Waals surface area contributed by atoms with Gasteiger partial charge in [-0.1, -0.05) is 37.3 Å². The summed E-state index contributed by atoms with van der Waals surface area (Å²) in [5, 5.41) is 6.54. The zero-order chi connectivity index (χ0) is 13.7. The summed E-state index contributed by atoms with van der Waals surface area (Å²) >= 11 is 0. The van der Waals surface area contributed by atoms with Crippen LogP contribution in [0, 0.1) is 5.41 Å². The average Bonchev–Trinajstić information content (AvgIpc) is 2.48. The quantitative estimate of drug-likeness (QED) is 0.874. The predicted octanol–water partition coefficient (Wildman–Crippen LogP) is 2.64. The van der Waals surface area contributed by atoms with Crippen LogP contribution in [-0.4, -0.2) is 19.0 Å². The number of hydrogen-bond acceptors (Lipinski definition) is 2. The summed E-state index contributed by atoms with van der Waals surface area (Å²) in [4.78, 5) is 12.6. The van der Waals surface area contributed by atoms with Gasteiger partial charge in [-0.3, -0.25) is 4.79 Å². The van der Waals surface area contributed by atoms with Gasteiger partial charge in [-0.15, -0.1) is 0 Å². The molecular formula is C16H24N2O. The van der Waals surface area contributed by atoms with Crippen LogP contribution in [0.25, 0.3) is 0 Å². The number of nitrogens with one attached hydrogen (secondary N) is 2. The van der Waals surface area contributed by atoms with Crippen LogP contribution in [-0.2, 0) is 4.79 Å². The second-order valence-corrected chi connectivity index (χ2v) is 5.52. The van der Waals surface area contributed by atoms with Gasteiger partial charge in [0.2, 0.25) is 5.91 Å². The molecule has 2 N–H and O–H groups in total. The van der Waals surface area contributed by atoms with E-state index in [1.165, 1.54) is 0 Å². The van der Waals surface area contributed by atoms with Gasteiger partial charge in [0.1, 0.15) is 0 Å². The Bertz CT molecular complexity index is 410. The van der Waals surface area contributed by atoms with Gasteiger partial charge in [0.15, 0.2) is 0 Å². The predicted molar refractivity (Wildman–Crippen MR) is 77.8 cm³/mol. The highest BCUT2D eigenvalue weighted by molar-refractivity contribution is 5.83. The molecule has 1 amide bonds. The molecule has 104 valence electrons. The van der Waals surface area contributed by atoms with Crippen LogP contribution in [0.1, 0.15) is 44.7 Å². The van der Waals surface area contributed by atoms with Gasteiger partial charge < -0.3 is 10.6 Å². The topological polar surface area (TPSA) is 41.1 Å². The lowest BCUT2D eigenvalue weighted by Crippen LogP contribution is -2.50. The fourth-order valence-electron chi connectivity index (χ4n) is 2.80. The Kier molecular flexibility index (Phi) is 4.59. The molecule has 19 heavy (non-hydrogen) atoms. The van der Waals surface area contributed by atoms with E-state index in [-0.39, 0.29) is 17.4 Å². The molecule has 1 aromatic carbocycles. The number of hydrogen-bond donors (Lipinski definition) is 2. The summed E-state index contributed by atoms with van der Waals surface area (Å²) in [7, 11) is 0. The van der Waals surface area contributed by atoms with Gasteiger partial charge in [0.05, 0.1) is 11.5 Å². The van der Waals surface area contributed by atoms with E-state index in [1.54, 1.807) is 0 Å². The third kappa shape index (κ3) is 3.16. The minimum absolute atomic E-state index is 0.0686. The molecule has 1 aliphatic rings. The molecule has 0 bridgehead atoms. The van der Waals surface area contributed by atoms with E-state index in [0.29, 0.717) is 0 Å². The van der Waals surface area contributed by atoms with Crippen molar-refractivity contribution in [1.82, 2.24) is 10.6 Å². The Labute approximate surface area is 115 Å². The van der Waals surface area contributed by atoms with Crippen molar-refractivity contribution >= 4 is 5.91 Å². The van der Waals surface area contributed by atoms with Gasteiger partial charge in [-0.25, -0.2) is 0 Å². The van der Waals surface area contributed by atoms with E-state index in [0.717, 1.165) is 37.9 Å². The number of carbonyl (C=O) groups is 1. The maximum Gasteiger partial charge on any atom is 0.227 e. The second kappa shape index (κ2) is 6.20. The van der Waals surface area contributed by atoms with Crippen molar-refractivity contribution < 1.29 is 4.79 Å². The molecule has 0 aromatic heterocycles. The molecule has 2 rings (SSSR count). The maximum absolute atomic E-state index is 12.6. The second-order valence-electron chi connectivity index (χ2n) is 5.52. The van der Waals surface area contributed by atoms with E-state index in [9.17, 15) is 4.79 Å².